The van der Waals surface area contributed by atoms with Crippen molar-refractivity contribution in [1.29, 1.82) is 0 Å². The number of amides is 1. The van der Waals surface area contributed by atoms with Crippen molar-refractivity contribution in [2.24, 2.45) is 0 Å². The number of hydrogen-bond acceptors (Lipinski definition) is 6. The molecule has 10 heteroatoms. The zero-order chi connectivity index (χ0) is 21.1. The third kappa shape index (κ3) is 4.66. The second kappa shape index (κ2) is 9.01. The summed E-state index contributed by atoms with van der Waals surface area (Å²) in [7, 11) is -3.48. The average Bonchev–Trinajstić information content (AvgIpc) is 3.41. The quantitative estimate of drug-likeness (QED) is 0.728. The Balaban J connectivity index is 1.38. The van der Waals surface area contributed by atoms with E-state index in [0.29, 0.717) is 55.6 Å². The van der Waals surface area contributed by atoms with Crippen LogP contribution in [0.15, 0.2) is 34.5 Å². The third-order valence-electron chi connectivity index (χ3n) is 5.21. The van der Waals surface area contributed by atoms with E-state index < -0.39 is 15.8 Å². The number of morpholine rings is 1. The molecule has 0 bridgehead atoms. The number of ether oxygens (including phenoxy) is 1. The number of nitrogens with one attached hydrogen (secondary N) is 1. The molecular formula is C20H24FN3O4S2. The molecule has 162 valence electrons. The van der Waals surface area contributed by atoms with E-state index in [1.54, 1.807) is 24.3 Å². The number of rotatable bonds is 6. The maximum absolute atomic E-state index is 14.5. The van der Waals surface area contributed by atoms with Gasteiger partial charge in [-0.2, -0.15) is 4.31 Å². The van der Waals surface area contributed by atoms with Crippen molar-refractivity contribution in [2.45, 2.75) is 23.5 Å². The molecule has 3 heterocycles. The molecule has 2 aliphatic rings. The Morgan fingerprint density at radius 1 is 1.10 bits per heavy atom. The molecule has 0 unspecified atom stereocenters. The molecule has 0 spiro atoms. The van der Waals surface area contributed by atoms with E-state index >= 15 is 0 Å². The highest BCUT2D eigenvalue weighted by molar-refractivity contribution is 7.91. The molecule has 1 N–H and O–H groups in total. The fraction of sp³-hybridized carbons (Fsp3) is 0.450. The van der Waals surface area contributed by atoms with Crippen LogP contribution in [0.5, 0.6) is 0 Å². The SMILES string of the molecule is O=C(Cc1ccc(S(=O)(=O)N2CCCC2)s1)Nc1ccc(N2CCOCC2)c(F)c1. The lowest BCUT2D eigenvalue weighted by molar-refractivity contribution is -0.115. The van der Waals surface area contributed by atoms with E-state index in [9.17, 15) is 17.6 Å². The molecule has 7 nitrogen and oxygen atoms in total. The number of carbonyl (C=O) groups is 1. The van der Waals surface area contributed by atoms with Gasteiger partial charge in [0.25, 0.3) is 10.0 Å². The van der Waals surface area contributed by atoms with Crippen molar-refractivity contribution >= 4 is 38.6 Å². The second-order valence-corrected chi connectivity index (χ2v) is 10.7. The van der Waals surface area contributed by atoms with E-state index in [2.05, 4.69) is 5.32 Å². The van der Waals surface area contributed by atoms with Crippen LogP contribution in [0.3, 0.4) is 0 Å². The topological polar surface area (TPSA) is 79.0 Å². The summed E-state index contributed by atoms with van der Waals surface area (Å²) in [5.41, 5.74) is 0.863. The molecule has 2 aromatic rings. The van der Waals surface area contributed by atoms with Gasteiger partial charge in [0, 0.05) is 36.7 Å². The number of nitrogens with zero attached hydrogens (tertiary/aromatic N) is 2. The lowest BCUT2D eigenvalue weighted by atomic mass is 10.2. The Bertz CT molecular complexity index is 1010. The van der Waals surface area contributed by atoms with Gasteiger partial charge in [0.1, 0.15) is 10.0 Å². The molecule has 30 heavy (non-hydrogen) atoms. The monoisotopic (exact) mass is 453 g/mol. The minimum atomic E-state index is -3.48. The van der Waals surface area contributed by atoms with Crippen LogP contribution in [0.4, 0.5) is 15.8 Å². The number of benzene rings is 1. The van der Waals surface area contributed by atoms with Gasteiger partial charge in [0.15, 0.2) is 0 Å². The van der Waals surface area contributed by atoms with E-state index in [0.717, 1.165) is 24.2 Å². The molecule has 1 amide bonds. The predicted octanol–water partition coefficient (Wildman–Crippen LogP) is 2.69. The van der Waals surface area contributed by atoms with Crippen molar-refractivity contribution in [1.82, 2.24) is 4.31 Å². The van der Waals surface area contributed by atoms with Crippen LogP contribution in [0.25, 0.3) is 0 Å². The van der Waals surface area contributed by atoms with Crippen LogP contribution in [0.2, 0.25) is 0 Å². The minimum absolute atomic E-state index is 0.0347. The van der Waals surface area contributed by atoms with Crippen LogP contribution >= 0.6 is 11.3 Å². The molecule has 2 aliphatic heterocycles. The summed E-state index contributed by atoms with van der Waals surface area (Å²) in [5.74, 6) is -0.717. The Kier molecular flexibility index (Phi) is 6.37. The van der Waals surface area contributed by atoms with Crippen LogP contribution in [-0.4, -0.2) is 58.0 Å². The van der Waals surface area contributed by atoms with Gasteiger partial charge in [-0.05, 0) is 43.2 Å². The van der Waals surface area contributed by atoms with Crippen molar-refractivity contribution < 1.29 is 22.3 Å². The first-order valence-corrected chi connectivity index (χ1v) is 12.2. The molecule has 0 aliphatic carbocycles. The summed E-state index contributed by atoms with van der Waals surface area (Å²) in [5, 5.41) is 2.69. The van der Waals surface area contributed by atoms with Gasteiger partial charge in [-0.15, -0.1) is 11.3 Å². The second-order valence-electron chi connectivity index (χ2n) is 7.32. The third-order valence-corrected chi connectivity index (χ3v) is 8.67. The normalized spacial score (nSPS) is 18.0. The van der Waals surface area contributed by atoms with E-state index in [-0.39, 0.29) is 16.5 Å². The summed E-state index contributed by atoms with van der Waals surface area (Å²) < 4.78 is 46.7. The fourth-order valence-corrected chi connectivity index (χ4v) is 6.68. The first-order chi connectivity index (χ1) is 14.4. The van der Waals surface area contributed by atoms with Crippen molar-refractivity contribution in [3.05, 3.63) is 41.0 Å². The van der Waals surface area contributed by atoms with Gasteiger partial charge in [0.2, 0.25) is 5.91 Å². The highest BCUT2D eigenvalue weighted by atomic mass is 32.2. The summed E-state index contributed by atoms with van der Waals surface area (Å²) in [6.45, 7) is 3.47. The average molecular weight is 454 g/mol. The van der Waals surface area contributed by atoms with Crippen molar-refractivity contribution in [2.75, 3.05) is 49.6 Å². The van der Waals surface area contributed by atoms with E-state index in [1.165, 1.54) is 10.4 Å². The largest absolute Gasteiger partial charge is 0.378 e. The fourth-order valence-electron chi connectivity index (χ4n) is 3.66. The molecule has 0 atom stereocenters. The number of anilines is 2. The number of halogens is 1. The van der Waals surface area contributed by atoms with Crippen molar-refractivity contribution in [3.63, 3.8) is 0 Å². The predicted molar refractivity (Wildman–Crippen MR) is 114 cm³/mol. The number of hydrogen-bond donors (Lipinski definition) is 1. The molecule has 4 rings (SSSR count). The molecule has 0 radical (unpaired) electrons. The highest BCUT2D eigenvalue weighted by Gasteiger charge is 2.28. The number of sulfonamides is 1. The molecule has 0 saturated carbocycles. The molecule has 2 fully saturated rings. The van der Waals surface area contributed by atoms with Crippen LogP contribution < -0.4 is 10.2 Å². The lowest BCUT2D eigenvalue weighted by Crippen LogP contribution is -2.36. The van der Waals surface area contributed by atoms with Crippen LogP contribution in [-0.2, 0) is 26.0 Å². The molecule has 1 aromatic carbocycles. The van der Waals surface area contributed by atoms with Gasteiger partial charge >= 0.3 is 0 Å². The number of carbonyl (C=O) groups excluding carboxylic acids is 1. The van der Waals surface area contributed by atoms with Crippen molar-refractivity contribution in [3.8, 4) is 0 Å². The Hall–Kier alpha value is -2.01. The van der Waals surface area contributed by atoms with E-state index in [1.807, 2.05) is 4.90 Å². The van der Waals surface area contributed by atoms with Crippen LogP contribution in [0.1, 0.15) is 17.7 Å². The van der Waals surface area contributed by atoms with Gasteiger partial charge in [-0.3, -0.25) is 4.79 Å². The summed E-state index contributed by atoms with van der Waals surface area (Å²) in [6, 6.07) is 7.85. The Labute approximate surface area is 179 Å². The Morgan fingerprint density at radius 3 is 2.53 bits per heavy atom. The minimum Gasteiger partial charge on any atom is -0.378 e. The Morgan fingerprint density at radius 2 is 1.83 bits per heavy atom. The summed E-state index contributed by atoms with van der Waals surface area (Å²) in [4.78, 5) is 14.9. The molecular weight excluding hydrogens is 429 g/mol. The number of thiophene rings is 1. The first-order valence-electron chi connectivity index (χ1n) is 9.94. The zero-order valence-electron chi connectivity index (χ0n) is 16.5. The maximum Gasteiger partial charge on any atom is 0.252 e. The van der Waals surface area contributed by atoms with Gasteiger partial charge in [0.05, 0.1) is 25.3 Å². The first kappa shape index (κ1) is 21.2. The lowest BCUT2D eigenvalue weighted by Gasteiger charge is -2.29. The van der Waals surface area contributed by atoms with E-state index in [4.69, 9.17) is 4.74 Å². The smallest absolute Gasteiger partial charge is 0.252 e. The van der Waals surface area contributed by atoms with Gasteiger partial charge in [-0.1, -0.05) is 0 Å². The maximum atomic E-state index is 14.5. The summed E-state index contributed by atoms with van der Waals surface area (Å²) >= 11 is 1.11. The molecule has 1 aromatic heterocycles. The van der Waals surface area contributed by atoms with Crippen LogP contribution in [0, 0.1) is 5.82 Å². The standard InChI is InChI=1S/C20H24FN3O4S2/c21-17-13-15(3-5-18(17)23-9-11-28-12-10-23)22-19(25)14-16-4-6-20(29-16)30(26,27)24-7-1-2-8-24/h3-6,13H,1-2,7-12,14H2,(H,22,25). The van der Waals surface area contributed by atoms with Gasteiger partial charge in [-0.25, -0.2) is 12.8 Å². The highest BCUT2D eigenvalue weighted by Crippen LogP contribution is 2.28. The molecule has 2 saturated heterocycles. The summed E-state index contributed by atoms with van der Waals surface area (Å²) in [6.07, 6.45) is 1.79. The zero-order valence-corrected chi connectivity index (χ0v) is 18.1. The van der Waals surface area contributed by atoms with Gasteiger partial charge < -0.3 is 15.0 Å².